The third-order valence-electron chi connectivity index (χ3n) is 2.70. The van der Waals surface area contributed by atoms with Crippen LogP contribution in [0.15, 0.2) is 24.3 Å². The Labute approximate surface area is 77.8 Å². The maximum atomic E-state index is 12.0. The van der Waals surface area contributed by atoms with Crippen molar-refractivity contribution in [2.75, 3.05) is 6.67 Å². The van der Waals surface area contributed by atoms with E-state index < -0.39 is 0 Å². The van der Waals surface area contributed by atoms with Crippen LogP contribution in [0.25, 0.3) is 0 Å². The van der Waals surface area contributed by atoms with E-state index in [0.29, 0.717) is 6.42 Å². The molecule has 0 heterocycles. The molecule has 0 saturated heterocycles. The molecule has 0 amide bonds. The van der Waals surface area contributed by atoms with E-state index in [-0.39, 0.29) is 12.2 Å². The van der Waals surface area contributed by atoms with Crippen molar-refractivity contribution in [2.45, 2.75) is 24.8 Å². The standard InChI is InChI=1S/C11H14FN/c12-8-5-9-1-3-10(4-2-9)11(13)6-7-11/h1-4H,5-8,13H2. The van der Waals surface area contributed by atoms with Gasteiger partial charge in [-0.3, -0.25) is 4.39 Å². The van der Waals surface area contributed by atoms with Gasteiger partial charge in [-0.25, -0.2) is 0 Å². The molecule has 1 aromatic rings. The van der Waals surface area contributed by atoms with Crippen LogP contribution in [0.4, 0.5) is 4.39 Å². The Hall–Kier alpha value is -0.890. The van der Waals surface area contributed by atoms with Crippen LogP contribution in [0.3, 0.4) is 0 Å². The summed E-state index contributed by atoms with van der Waals surface area (Å²) in [5, 5.41) is 0. The Morgan fingerprint density at radius 3 is 2.31 bits per heavy atom. The number of alkyl halides is 1. The monoisotopic (exact) mass is 179 g/mol. The van der Waals surface area contributed by atoms with Crippen molar-refractivity contribution in [3.8, 4) is 0 Å². The van der Waals surface area contributed by atoms with Gasteiger partial charge < -0.3 is 5.73 Å². The molecule has 0 unspecified atom stereocenters. The van der Waals surface area contributed by atoms with Gasteiger partial charge in [0.05, 0.1) is 6.67 Å². The van der Waals surface area contributed by atoms with Gasteiger partial charge in [-0.15, -0.1) is 0 Å². The van der Waals surface area contributed by atoms with E-state index in [1.165, 1.54) is 5.56 Å². The molecule has 1 fully saturated rings. The predicted octanol–water partition coefficient (Wildman–Crippen LogP) is 2.15. The number of hydrogen-bond acceptors (Lipinski definition) is 1. The first-order chi connectivity index (χ1) is 6.24. The number of benzene rings is 1. The van der Waals surface area contributed by atoms with Gasteiger partial charge >= 0.3 is 0 Å². The summed E-state index contributed by atoms with van der Waals surface area (Å²) in [5.41, 5.74) is 8.20. The summed E-state index contributed by atoms with van der Waals surface area (Å²) < 4.78 is 12.0. The zero-order valence-electron chi connectivity index (χ0n) is 7.59. The van der Waals surface area contributed by atoms with Crippen molar-refractivity contribution in [3.63, 3.8) is 0 Å². The fraction of sp³-hybridized carbons (Fsp3) is 0.455. The number of hydrogen-bond donors (Lipinski definition) is 1. The molecule has 70 valence electrons. The lowest BCUT2D eigenvalue weighted by atomic mass is 10.0. The molecule has 0 aliphatic heterocycles. The van der Waals surface area contributed by atoms with Crippen molar-refractivity contribution < 1.29 is 4.39 Å². The summed E-state index contributed by atoms with van der Waals surface area (Å²) in [6, 6.07) is 8.00. The van der Waals surface area contributed by atoms with Crippen LogP contribution in [0.5, 0.6) is 0 Å². The van der Waals surface area contributed by atoms with Crippen LogP contribution < -0.4 is 5.73 Å². The van der Waals surface area contributed by atoms with E-state index in [4.69, 9.17) is 5.73 Å². The number of halogens is 1. The Morgan fingerprint density at radius 1 is 1.23 bits per heavy atom. The van der Waals surface area contributed by atoms with Crippen molar-refractivity contribution >= 4 is 0 Å². The Kier molecular flexibility index (Phi) is 2.08. The zero-order valence-corrected chi connectivity index (χ0v) is 7.59. The van der Waals surface area contributed by atoms with E-state index in [0.717, 1.165) is 18.4 Å². The van der Waals surface area contributed by atoms with Crippen LogP contribution >= 0.6 is 0 Å². The molecule has 2 rings (SSSR count). The first-order valence-electron chi connectivity index (χ1n) is 4.69. The highest BCUT2D eigenvalue weighted by Crippen LogP contribution is 2.42. The fourth-order valence-corrected chi connectivity index (χ4v) is 1.54. The fourth-order valence-electron chi connectivity index (χ4n) is 1.54. The highest BCUT2D eigenvalue weighted by molar-refractivity contribution is 5.32. The molecule has 1 aliphatic rings. The lowest BCUT2D eigenvalue weighted by Gasteiger charge is -2.09. The maximum absolute atomic E-state index is 12.0. The molecule has 2 heteroatoms. The predicted molar refractivity (Wildman–Crippen MR) is 51.2 cm³/mol. The van der Waals surface area contributed by atoms with Crippen LogP contribution in [0.1, 0.15) is 24.0 Å². The average molecular weight is 179 g/mol. The molecule has 2 N–H and O–H groups in total. The van der Waals surface area contributed by atoms with Gasteiger partial charge in [0.15, 0.2) is 0 Å². The van der Waals surface area contributed by atoms with Crippen LogP contribution in [0.2, 0.25) is 0 Å². The minimum absolute atomic E-state index is 0.0613. The Bertz CT molecular complexity index is 287. The first-order valence-corrected chi connectivity index (χ1v) is 4.69. The molecule has 0 atom stereocenters. The summed E-state index contributed by atoms with van der Waals surface area (Å²) >= 11 is 0. The van der Waals surface area contributed by atoms with Gasteiger partial charge in [0.25, 0.3) is 0 Å². The highest BCUT2D eigenvalue weighted by atomic mass is 19.1. The second-order valence-electron chi connectivity index (χ2n) is 3.79. The summed E-state index contributed by atoms with van der Waals surface area (Å²) in [6.45, 7) is -0.285. The topological polar surface area (TPSA) is 26.0 Å². The molecule has 1 saturated carbocycles. The van der Waals surface area contributed by atoms with Gasteiger partial charge in [-0.05, 0) is 24.0 Å². The van der Waals surface area contributed by atoms with Gasteiger partial charge in [0.1, 0.15) is 0 Å². The third kappa shape index (κ3) is 1.73. The van der Waals surface area contributed by atoms with Crippen LogP contribution in [-0.2, 0) is 12.0 Å². The first kappa shape index (κ1) is 8.70. The maximum Gasteiger partial charge on any atom is 0.0934 e. The molecular weight excluding hydrogens is 165 g/mol. The molecule has 0 spiro atoms. The molecule has 1 aromatic carbocycles. The van der Waals surface area contributed by atoms with E-state index >= 15 is 0 Å². The summed E-state index contributed by atoms with van der Waals surface area (Å²) in [7, 11) is 0. The minimum Gasteiger partial charge on any atom is -0.321 e. The number of aryl methyl sites for hydroxylation is 1. The highest BCUT2D eigenvalue weighted by Gasteiger charge is 2.39. The Morgan fingerprint density at radius 2 is 1.85 bits per heavy atom. The third-order valence-corrected chi connectivity index (χ3v) is 2.70. The lowest BCUT2D eigenvalue weighted by molar-refractivity contribution is 0.495. The summed E-state index contributed by atoms with van der Waals surface area (Å²) in [6.07, 6.45) is 2.67. The van der Waals surface area contributed by atoms with Gasteiger partial charge in [-0.1, -0.05) is 24.3 Å². The number of rotatable bonds is 3. The van der Waals surface area contributed by atoms with E-state index in [1.54, 1.807) is 0 Å². The molecule has 0 radical (unpaired) electrons. The van der Waals surface area contributed by atoms with E-state index in [9.17, 15) is 4.39 Å². The summed E-state index contributed by atoms with van der Waals surface area (Å²) in [5.74, 6) is 0. The average Bonchev–Trinajstić information content (AvgIpc) is 2.87. The van der Waals surface area contributed by atoms with Crippen LogP contribution in [-0.4, -0.2) is 6.67 Å². The molecule has 1 aliphatic carbocycles. The zero-order chi connectivity index (χ0) is 9.31. The normalized spacial score (nSPS) is 18.6. The Balaban J connectivity index is 2.14. The van der Waals surface area contributed by atoms with Gasteiger partial charge in [0, 0.05) is 12.0 Å². The van der Waals surface area contributed by atoms with Gasteiger partial charge in [-0.2, -0.15) is 0 Å². The molecule has 1 nitrogen and oxygen atoms in total. The second-order valence-corrected chi connectivity index (χ2v) is 3.79. The van der Waals surface area contributed by atoms with Gasteiger partial charge in [0.2, 0.25) is 0 Å². The van der Waals surface area contributed by atoms with Crippen molar-refractivity contribution in [3.05, 3.63) is 35.4 Å². The molecule has 0 aromatic heterocycles. The SMILES string of the molecule is NC1(c2ccc(CCF)cc2)CC1. The second kappa shape index (κ2) is 3.11. The lowest BCUT2D eigenvalue weighted by Crippen LogP contribution is -2.18. The minimum atomic E-state index is -0.285. The van der Waals surface area contributed by atoms with Crippen molar-refractivity contribution in [1.29, 1.82) is 0 Å². The van der Waals surface area contributed by atoms with Crippen molar-refractivity contribution in [2.24, 2.45) is 5.73 Å². The largest absolute Gasteiger partial charge is 0.321 e. The molecule has 0 bridgehead atoms. The van der Waals surface area contributed by atoms with E-state index in [2.05, 4.69) is 0 Å². The molecular formula is C11H14FN. The smallest absolute Gasteiger partial charge is 0.0934 e. The van der Waals surface area contributed by atoms with Crippen LogP contribution in [0, 0.1) is 0 Å². The summed E-state index contributed by atoms with van der Waals surface area (Å²) in [4.78, 5) is 0. The molecule has 13 heavy (non-hydrogen) atoms. The van der Waals surface area contributed by atoms with Crippen molar-refractivity contribution in [1.82, 2.24) is 0 Å². The quantitative estimate of drug-likeness (QED) is 0.756. The van der Waals surface area contributed by atoms with E-state index in [1.807, 2.05) is 24.3 Å². The number of nitrogens with two attached hydrogens (primary N) is 1.